The Morgan fingerprint density at radius 1 is 0.878 bits per heavy atom. The quantitative estimate of drug-likeness (QED) is 0.223. The van der Waals surface area contributed by atoms with Crippen LogP contribution in [0.2, 0.25) is 0 Å². The highest BCUT2D eigenvalue weighted by molar-refractivity contribution is 5.94. The summed E-state index contributed by atoms with van der Waals surface area (Å²) in [4.78, 5) is 0. The summed E-state index contributed by atoms with van der Waals surface area (Å²) in [5.41, 5.74) is 21.0. The zero-order valence-corrected chi connectivity index (χ0v) is 32.3. The van der Waals surface area contributed by atoms with Crippen LogP contribution in [0.5, 0.6) is 0 Å². The lowest BCUT2D eigenvalue weighted by molar-refractivity contribution is 0.178. The Balaban J connectivity index is 0.000000778. The van der Waals surface area contributed by atoms with Crippen molar-refractivity contribution < 1.29 is 0 Å². The standard InChI is InChI=1S/C44H50.C5H12/c1-27(2)21-39-29(4)22-37-24-36(26-41(37)43(39)34-11-9-28(3)10-12-34)35-17-18-38-30(5)23-40(42(38)25-35)33-15-13-32(14-16-33)31(6)44(7)19-8-20-44;1-5(2,3)4/h9-12,17-18,22-25,30,32-33H,1,6,8,13-16,19-21,26H2,2-5,7H3;1-4H3. The number of benzene rings is 3. The summed E-state index contributed by atoms with van der Waals surface area (Å²) in [7, 11) is 0. The van der Waals surface area contributed by atoms with Crippen molar-refractivity contribution in [1.82, 2.24) is 0 Å². The molecule has 0 heteroatoms. The highest BCUT2D eigenvalue weighted by atomic mass is 14.4. The van der Waals surface area contributed by atoms with Gasteiger partial charge in [0, 0.05) is 5.92 Å². The minimum Gasteiger partial charge on any atom is -0.0998 e. The maximum Gasteiger partial charge on any atom is 0.000174 e. The van der Waals surface area contributed by atoms with E-state index in [1.54, 1.807) is 11.1 Å². The van der Waals surface area contributed by atoms with Gasteiger partial charge in [-0.25, -0.2) is 0 Å². The molecule has 1 atom stereocenters. The fraction of sp³-hybridized carbons (Fsp3) is 0.469. The molecule has 0 aromatic heterocycles. The summed E-state index contributed by atoms with van der Waals surface area (Å²) >= 11 is 0. The van der Waals surface area contributed by atoms with E-state index in [1.807, 2.05) is 0 Å². The molecule has 0 amide bonds. The van der Waals surface area contributed by atoms with E-state index in [0.29, 0.717) is 22.7 Å². The lowest BCUT2D eigenvalue weighted by Gasteiger charge is -2.45. The Labute approximate surface area is 299 Å². The van der Waals surface area contributed by atoms with Gasteiger partial charge in [0.15, 0.2) is 0 Å². The average Bonchev–Trinajstić information content (AvgIpc) is 3.60. The number of hydrogen-bond acceptors (Lipinski definition) is 0. The number of allylic oxidation sites excluding steroid dienone is 5. The third kappa shape index (κ3) is 7.55. The van der Waals surface area contributed by atoms with Gasteiger partial charge in [-0.1, -0.05) is 132 Å². The molecule has 2 saturated carbocycles. The molecule has 0 radical (unpaired) electrons. The van der Waals surface area contributed by atoms with E-state index in [1.165, 1.54) is 112 Å². The molecule has 2 fully saturated rings. The van der Waals surface area contributed by atoms with Crippen LogP contribution in [0.25, 0.3) is 28.3 Å². The molecule has 7 rings (SSSR count). The van der Waals surface area contributed by atoms with Gasteiger partial charge < -0.3 is 0 Å². The molecule has 258 valence electrons. The third-order valence-corrected chi connectivity index (χ3v) is 11.9. The molecule has 0 bridgehead atoms. The SMILES string of the molecule is C=C(C)Cc1c(C)cc2c(c1-c1ccc(C)cc1)CC(c1ccc3c(c1)C(C1CCC(C(=C)C4(C)CCC4)CC1)=CC3C)=C2.CC(C)(C)C. The van der Waals surface area contributed by atoms with E-state index in [2.05, 4.69) is 136 Å². The van der Waals surface area contributed by atoms with Crippen LogP contribution in [0.3, 0.4) is 0 Å². The number of rotatable bonds is 7. The molecule has 3 aromatic carbocycles. The second-order valence-electron chi connectivity index (χ2n) is 18.2. The molecule has 3 aromatic rings. The second-order valence-corrected chi connectivity index (χ2v) is 18.2. The van der Waals surface area contributed by atoms with Crippen molar-refractivity contribution in [2.45, 2.75) is 126 Å². The van der Waals surface area contributed by atoms with Crippen molar-refractivity contribution in [2.75, 3.05) is 0 Å². The summed E-state index contributed by atoms with van der Waals surface area (Å²) in [5, 5.41) is 0. The fourth-order valence-electron chi connectivity index (χ4n) is 8.95. The molecular formula is C49H62. The van der Waals surface area contributed by atoms with Crippen molar-refractivity contribution in [3.8, 4) is 11.1 Å². The van der Waals surface area contributed by atoms with Crippen LogP contribution in [-0.2, 0) is 12.8 Å². The first-order valence-corrected chi connectivity index (χ1v) is 19.2. The van der Waals surface area contributed by atoms with Gasteiger partial charge in [-0.2, -0.15) is 0 Å². The van der Waals surface area contributed by atoms with Gasteiger partial charge in [0.05, 0.1) is 0 Å². The number of hydrogen-bond donors (Lipinski definition) is 0. The lowest BCUT2D eigenvalue weighted by atomic mass is 9.60. The normalized spacial score (nSPS) is 22.2. The van der Waals surface area contributed by atoms with E-state index in [-0.39, 0.29) is 0 Å². The molecule has 0 nitrogen and oxygen atoms in total. The fourth-order valence-corrected chi connectivity index (χ4v) is 8.95. The first kappa shape index (κ1) is 35.4. The van der Waals surface area contributed by atoms with Gasteiger partial charge in [0.25, 0.3) is 0 Å². The topological polar surface area (TPSA) is 0 Å². The monoisotopic (exact) mass is 650 g/mol. The van der Waals surface area contributed by atoms with Crippen molar-refractivity contribution in [2.24, 2.45) is 22.7 Å². The third-order valence-electron chi connectivity index (χ3n) is 11.9. The van der Waals surface area contributed by atoms with Crippen LogP contribution in [-0.4, -0.2) is 0 Å². The molecule has 0 aliphatic heterocycles. The minimum absolute atomic E-state index is 0.426. The number of fused-ring (bicyclic) bond motifs is 2. The van der Waals surface area contributed by atoms with Gasteiger partial charge in [-0.15, -0.1) is 0 Å². The highest BCUT2D eigenvalue weighted by Crippen LogP contribution is 2.53. The lowest BCUT2D eigenvalue weighted by Crippen LogP contribution is -2.32. The van der Waals surface area contributed by atoms with Gasteiger partial charge in [0.1, 0.15) is 0 Å². The maximum atomic E-state index is 4.64. The maximum absolute atomic E-state index is 4.64. The minimum atomic E-state index is 0.426. The summed E-state index contributed by atoms with van der Waals surface area (Å²) in [6.07, 6.45) is 16.3. The largest absolute Gasteiger partial charge is 0.0998 e. The summed E-state index contributed by atoms with van der Waals surface area (Å²) in [5.74, 6) is 1.91. The first-order chi connectivity index (χ1) is 23.1. The van der Waals surface area contributed by atoms with E-state index >= 15 is 0 Å². The molecule has 0 heterocycles. The van der Waals surface area contributed by atoms with Gasteiger partial charge >= 0.3 is 0 Å². The van der Waals surface area contributed by atoms with Crippen molar-refractivity contribution in [3.63, 3.8) is 0 Å². The predicted molar refractivity (Wildman–Crippen MR) is 216 cm³/mol. The molecule has 1 unspecified atom stereocenters. The van der Waals surface area contributed by atoms with E-state index in [0.717, 1.165) is 18.8 Å². The first-order valence-electron chi connectivity index (χ1n) is 19.2. The van der Waals surface area contributed by atoms with Crippen molar-refractivity contribution in [3.05, 3.63) is 123 Å². The Morgan fingerprint density at radius 3 is 2.10 bits per heavy atom. The molecule has 0 spiro atoms. The smallest absolute Gasteiger partial charge is 0.000174 e. The Morgan fingerprint density at radius 2 is 1.51 bits per heavy atom. The molecule has 49 heavy (non-hydrogen) atoms. The van der Waals surface area contributed by atoms with E-state index < -0.39 is 0 Å². The second kappa shape index (κ2) is 13.7. The zero-order chi connectivity index (χ0) is 35.2. The summed E-state index contributed by atoms with van der Waals surface area (Å²) in [6.45, 7) is 29.2. The highest BCUT2D eigenvalue weighted by Gasteiger charge is 2.39. The molecule has 4 aliphatic rings. The Bertz CT molecular complexity index is 1790. The van der Waals surface area contributed by atoms with Crippen LogP contribution in [0.1, 0.15) is 144 Å². The summed E-state index contributed by atoms with van der Waals surface area (Å²) < 4.78 is 0. The summed E-state index contributed by atoms with van der Waals surface area (Å²) in [6, 6.07) is 19.0. The van der Waals surface area contributed by atoms with Crippen LogP contribution >= 0.6 is 0 Å². The molecule has 4 aliphatic carbocycles. The molecule has 0 saturated heterocycles. The van der Waals surface area contributed by atoms with Crippen molar-refractivity contribution >= 4 is 17.2 Å². The van der Waals surface area contributed by atoms with Crippen LogP contribution in [0, 0.1) is 36.5 Å². The van der Waals surface area contributed by atoms with Crippen LogP contribution in [0.15, 0.2) is 78.9 Å². The van der Waals surface area contributed by atoms with Crippen LogP contribution in [0.4, 0.5) is 0 Å². The molecular weight excluding hydrogens is 589 g/mol. The van der Waals surface area contributed by atoms with Crippen molar-refractivity contribution in [1.29, 1.82) is 0 Å². The Hall–Kier alpha value is -3.38. The average molecular weight is 651 g/mol. The molecule has 0 N–H and O–H groups in total. The van der Waals surface area contributed by atoms with Crippen LogP contribution < -0.4 is 0 Å². The Kier molecular flexibility index (Phi) is 9.94. The number of aryl methyl sites for hydroxylation is 2. The van der Waals surface area contributed by atoms with E-state index in [4.69, 9.17) is 0 Å². The van der Waals surface area contributed by atoms with E-state index in [9.17, 15) is 0 Å². The zero-order valence-electron chi connectivity index (χ0n) is 32.3. The van der Waals surface area contributed by atoms with Gasteiger partial charge in [-0.05, 0) is 162 Å². The van der Waals surface area contributed by atoms with Gasteiger partial charge in [-0.3, -0.25) is 0 Å². The predicted octanol–water partition coefficient (Wildman–Crippen LogP) is 14.3. The van der Waals surface area contributed by atoms with Gasteiger partial charge in [0.2, 0.25) is 0 Å².